The van der Waals surface area contributed by atoms with Crippen LogP contribution in [0.4, 0.5) is 17.8 Å². The lowest BCUT2D eigenvalue weighted by Gasteiger charge is -2.30. The SMILES string of the molecule is CCOc1cc(/C=N\Nc2nc(N3CCOCC3)nc(N3CCOCC3)n2)ccc1OC(=O)c1cccc(I)c1. The highest BCUT2D eigenvalue weighted by atomic mass is 127. The molecule has 0 bridgehead atoms. The number of hydrogen-bond acceptors (Lipinski definition) is 12. The van der Waals surface area contributed by atoms with E-state index in [9.17, 15) is 4.79 Å². The summed E-state index contributed by atoms with van der Waals surface area (Å²) in [6.45, 7) is 7.58. The smallest absolute Gasteiger partial charge is 0.343 e. The molecule has 2 aromatic carbocycles. The van der Waals surface area contributed by atoms with E-state index in [0.717, 1.165) is 9.13 Å². The first-order valence-corrected chi connectivity index (χ1v) is 14.1. The lowest BCUT2D eigenvalue weighted by molar-refractivity contribution is 0.0728. The standard InChI is InChI=1S/C27H30IN7O5/c1-2-39-23-16-19(6-7-22(23)40-24(36)20-4-3-5-21(28)17-20)18-29-33-25-30-26(34-8-12-37-13-9-34)32-27(31-25)35-10-14-38-15-11-35/h3-7,16-18H,2,8-15H2,1H3,(H,30,31,32,33)/b29-18-. The molecule has 1 aromatic heterocycles. The van der Waals surface area contributed by atoms with Gasteiger partial charge in [0.25, 0.3) is 0 Å². The van der Waals surface area contributed by atoms with Gasteiger partial charge in [-0.1, -0.05) is 6.07 Å². The van der Waals surface area contributed by atoms with Crippen LogP contribution in [0.2, 0.25) is 0 Å². The number of aromatic nitrogens is 3. The molecule has 3 aromatic rings. The number of halogens is 1. The maximum atomic E-state index is 12.7. The van der Waals surface area contributed by atoms with Gasteiger partial charge in [-0.15, -0.1) is 0 Å². The van der Waals surface area contributed by atoms with Gasteiger partial charge in [0.05, 0.1) is 44.8 Å². The van der Waals surface area contributed by atoms with E-state index in [1.54, 1.807) is 36.5 Å². The van der Waals surface area contributed by atoms with Crippen molar-refractivity contribution < 1.29 is 23.7 Å². The van der Waals surface area contributed by atoms with E-state index in [1.807, 2.05) is 19.1 Å². The molecule has 0 unspecified atom stereocenters. The molecule has 2 fully saturated rings. The fourth-order valence-electron chi connectivity index (χ4n) is 4.11. The Labute approximate surface area is 245 Å². The fraction of sp³-hybridized carbons (Fsp3) is 0.370. The Morgan fingerprint density at radius 2 is 1.65 bits per heavy atom. The van der Waals surface area contributed by atoms with Gasteiger partial charge in [0.2, 0.25) is 17.8 Å². The van der Waals surface area contributed by atoms with Crippen molar-refractivity contribution in [1.29, 1.82) is 0 Å². The van der Waals surface area contributed by atoms with Crippen molar-refractivity contribution in [3.8, 4) is 11.5 Å². The summed E-state index contributed by atoms with van der Waals surface area (Å²) in [6.07, 6.45) is 1.63. The van der Waals surface area contributed by atoms with Gasteiger partial charge in [-0.05, 0) is 71.5 Å². The molecule has 0 saturated carbocycles. The minimum Gasteiger partial charge on any atom is -0.490 e. The summed E-state index contributed by atoms with van der Waals surface area (Å²) in [5.41, 5.74) is 4.15. The van der Waals surface area contributed by atoms with Gasteiger partial charge in [0.15, 0.2) is 11.5 Å². The van der Waals surface area contributed by atoms with Gasteiger partial charge in [0.1, 0.15) is 0 Å². The molecule has 40 heavy (non-hydrogen) atoms. The molecule has 0 amide bonds. The minimum absolute atomic E-state index is 0.332. The van der Waals surface area contributed by atoms with Crippen molar-refractivity contribution in [3.63, 3.8) is 0 Å². The molecule has 3 heterocycles. The number of morpholine rings is 2. The number of ether oxygens (including phenoxy) is 4. The molecule has 0 radical (unpaired) electrons. The zero-order valence-corrected chi connectivity index (χ0v) is 24.2. The third-order valence-electron chi connectivity index (χ3n) is 6.11. The first-order valence-electron chi connectivity index (χ1n) is 13.0. The van der Waals surface area contributed by atoms with Crippen molar-refractivity contribution in [2.45, 2.75) is 6.92 Å². The molecule has 0 aliphatic carbocycles. The average Bonchev–Trinajstić information content (AvgIpc) is 2.99. The van der Waals surface area contributed by atoms with Gasteiger partial charge in [0, 0.05) is 29.7 Å². The van der Waals surface area contributed by atoms with Crippen LogP contribution in [0.5, 0.6) is 11.5 Å². The van der Waals surface area contributed by atoms with Gasteiger partial charge in [-0.3, -0.25) is 0 Å². The number of rotatable bonds is 9. The van der Waals surface area contributed by atoms with Crippen LogP contribution >= 0.6 is 22.6 Å². The number of benzene rings is 2. The number of carbonyl (C=O) groups is 1. The van der Waals surface area contributed by atoms with Crippen LogP contribution in [-0.2, 0) is 9.47 Å². The molecule has 210 valence electrons. The number of carbonyl (C=O) groups excluding carboxylic acids is 1. The molecule has 13 heteroatoms. The van der Waals surface area contributed by atoms with Crippen molar-refractivity contribution in [3.05, 3.63) is 57.2 Å². The second kappa shape index (κ2) is 13.7. The zero-order valence-electron chi connectivity index (χ0n) is 22.1. The first kappa shape index (κ1) is 28.0. The maximum Gasteiger partial charge on any atom is 0.343 e. The monoisotopic (exact) mass is 659 g/mol. The summed E-state index contributed by atoms with van der Waals surface area (Å²) in [7, 11) is 0. The summed E-state index contributed by atoms with van der Waals surface area (Å²) < 4.78 is 23.3. The topological polar surface area (TPSA) is 124 Å². The minimum atomic E-state index is -0.454. The van der Waals surface area contributed by atoms with Crippen LogP contribution in [0, 0.1) is 3.57 Å². The third kappa shape index (κ3) is 7.34. The second-order valence-corrected chi connectivity index (χ2v) is 10.1. The van der Waals surface area contributed by atoms with Crippen molar-refractivity contribution in [1.82, 2.24) is 15.0 Å². The third-order valence-corrected chi connectivity index (χ3v) is 6.78. The Bertz CT molecular complexity index is 1310. The van der Waals surface area contributed by atoms with E-state index < -0.39 is 5.97 Å². The quantitative estimate of drug-likeness (QED) is 0.120. The lowest BCUT2D eigenvalue weighted by Crippen LogP contribution is -2.40. The van der Waals surface area contributed by atoms with Gasteiger partial charge in [-0.2, -0.15) is 20.1 Å². The van der Waals surface area contributed by atoms with Crippen LogP contribution in [-0.4, -0.2) is 86.3 Å². The fourth-order valence-corrected chi connectivity index (χ4v) is 4.65. The molecule has 2 saturated heterocycles. The molecule has 12 nitrogen and oxygen atoms in total. The summed E-state index contributed by atoms with van der Waals surface area (Å²) in [6, 6.07) is 12.5. The van der Waals surface area contributed by atoms with Crippen LogP contribution in [0.15, 0.2) is 47.6 Å². The predicted octanol–water partition coefficient (Wildman–Crippen LogP) is 3.21. The van der Waals surface area contributed by atoms with Gasteiger partial charge in [-0.25, -0.2) is 10.2 Å². The molecular weight excluding hydrogens is 629 g/mol. The normalized spacial score (nSPS) is 15.8. The van der Waals surface area contributed by atoms with E-state index in [4.69, 9.17) is 23.9 Å². The Kier molecular flexibility index (Phi) is 9.57. The van der Waals surface area contributed by atoms with Crippen LogP contribution < -0.4 is 24.7 Å². The average molecular weight is 659 g/mol. The van der Waals surface area contributed by atoms with Crippen LogP contribution in [0.25, 0.3) is 0 Å². The van der Waals surface area contributed by atoms with E-state index in [2.05, 4.69) is 52.9 Å². The number of nitrogens with zero attached hydrogens (tertiary/aromatic N) is 6. The highest BCUT2D eigenvalue weighted by Crippen LogP contribution is 2.29. The molecular formula is C27H30IN7O5. The summed E-state index contributed by atoms with van der Waals surface area (Å²) in [5, 5.41) is 4.36. The second-order valence-electron chi connectivity index (χ2n) is 8.87. The Hall–Kier alpha value is -3.56. The summed E-state index contributed by atoms with van der Waals surface area (Å²) in [5.74, 6) is 1.81. The van der Waals surface area contributed by atoms with E-state index in [0.29, 0.717) is 94.1 Å². The number of esters is 1. The summed E-state index contributed by atoms with van der Waals surface area (Å²) in [4.78, 5) is 30.7. The number of nitrogens with one attached hydrogen (secondary N) is 1. The number of hydrogen-bond donors (Lipinski definition) is 1. The van der Waals surface area contributed by atoms with Gasteiger partial charge >= 0.3 is 5.97 Å². The highest BCUT2D eigenvalue weighted by molar-refractivity contribution is 14.1. The Morgan fingerprint density at radius 3 is 2.27 bits per heavy atom. The molecule has 2 aliphatic heterocycles. The number of hydrazone groups is 1. The molecule has 2 aliphatic rings. The molecule has 0 spiro atoms. The highest BCUT2D eigenvalue weighted by Gasteiger charge is 2.21. The zero-order chi connectivity index (χ0) is 27.7. The van der Waals surface area contributed by atoms with E-state index in [-0.39, 0.29) is 0 Å². The van der Waals surface area contributed by atoms with E-state index in [1.165, 1.54) is 0 Å². The molecule has 0 atom stereocenters. The van der Waals surface area contributed by atoms with Crippen molar-refractivity contribution in [2.24, 2.45) is 5.10 Å². The Morgan fingerprint density at radius 1 is 0.975 bits per heavy atom. The first-order chi connectivity index (χ1) is 19.6. The van der Waals surface area contributed by atoms with Crippen molar-refractivity contribution >= 4 is 52.6 Å². The van der Waals surface area contributed by atoms with Crippen LogP contribution in [0.3, 0.4) is 0 Å². The largest absolute Gasteiger partial charge is 0.490 e. The summed E-state index contributed by atoms with van der Waals surface area (Å²) >= 11 is 2.16. The lowest BCUT2D eigenvalue weighted by atomic mass is 10.2. The van der Waals surface area contributed by atoms with E-state index >= 15 is 0 Å². The molecule has 5 rings (SSSR count). The Balaban J connectivity index is 1.32. The van der Waals surface area contributed by atoms with Crippen molar-refractivity contribution in [2.75, 3.05) is 74.4 Å². The number of anilines is 3. The maximum absolute atomic E-state index is 12.7. The molecule has 1 N–H and O–H groups in total. The van der Waals surface area contributed by atoms with Gasteiger partial charge < -0.3 is 28.7 Å². The van der Waals surface area contributed by atoms with Crippen LogP contribution in [0.1, 0.15) is 22.8 Å². The predicted molar refractivity (Wildman–Crippen MR) is 159 cm³/mol.